The number of benzene rings is 2. The molecular weight excluding hydrogens is 529 g/mol. The summed E-state index contributed by atoms with van der Waals surface area (Å²) in [4.78, 5) is 13.2. The van der Waals surface area contributed by atoms with Gasteiger partial charge >= 0.3 is 0 Å². The van der Waals surface area contributed by atoms with E-state index in [0.717, 1.165) is 46.9 Å². The van der Waals surface area contributed by atoms with Crippen molar-refractivity contribution in [2.75, 3.05) is 0 Å². The predicted octanol–water partition coefficient (Wildman–Crippen LogP) is 8.66. The lowest BCUT2D eigenvalue weighted by Gasteiger charge is -2.57. The van der Waals surface area contributed by atoms with E-state index in [9.17, 15) is 18.7 Å². The van der Waals surface area contributed by atoms with Crippen LogP contribution in [-0.4, -0.2) is 28.1 Å². The van der Waals surface area contributed by atoms with Crippen LogP contribution in [0.2, 0.25) is 0 Å². The molecular formula is C34H37F3O2S. The van der Waals surface area contributed by atoms with E-state index < -0.39 is 22.6 Å². The molecule has 6 heteroatoms. The number of allylic oxidation sites excluding steroid dienone is 4. The number of fused-ring (bicyclic) bond motifs is 4. The maximum Gasteiger partial charge on any atom is 0.281 e. The van der Waals surface area contributed by atoms with Gasteiger partial charge in [-0.15, -0.1) is 12.6 Å². The quantitative estimate of drug-likeness (QED) is 0.364. The van der Waals surface area contributed by atoms with Gasteiger partial charge in [-0.3, -0.25) is 4.79 Å². The van der Waals surface area contributed by atoms with Crippen molar-refractivity contribution in [1.29, 1.82) is 0 Å². The molecule has 0 aromatic heterocycles. The number of hydrogen-bond donors (Lipinski definition) is 2. The van der Waals surface area contributed by atoms with E-state index in [2.05, 4.69) is 36.9 Å². The number of carbonyl (C=O) groups is 1. The number of alkyl halides is 3. The topological polar surface area (TPSA) is 37.3 Å². The number of ketones is 1. The van der Waals surface area contributed by atoms with Gasteiger partial charge in [0.05, 0.1) is 0 Å². The summed E-state index contributed by atoms with van der Waals surface area (Å²) in [6.45, 7) is 3.33. The summed E-state index contributed by atoms with van der Waals surface area (Å²) in [6, 6.07) is 16.3. The molecule has 0 radical (unpaired) electrons. The highest BCUT2D eigenvalue weighted by molar-refractivity contribution is 7.80. The number of thiol groups is 1. The Bertz CT molecular complexity index is 1400. The van der Waals surface area contributed by atoms with Crippen molar-refractivity contribution < 1.29 is 23.1 Å². The molecule has 0 amide bonds. The maximum absolute atomic E-state index is 16.2. The van der Waals surface area contributed by atoms with Crippen LogP contribution in [0.1, 0.15) is 77.2 Å². The Morgan fingerprint density at radius 2 is 1.55 bits per heavy atom. The zero-order valence-corrected chi connectivity index (χ0v) is 24.2. The first-order chi connectivity index (χ1) is 18.8. The van der Waals surface area contributed by atoms with Crippen molar-refractivity contribution in [1.82, 2.24) is 0 Å². The van der Waals surface area contributed by atoms with Crippen LogP contribution in [0.5, 0.6) is 0 Å². The lowest BCUT2D eigenvalue weighted by molar-refractivity contribution is -0.252. The van der Waals surface area contributed by atoms with Gasteiger partial charge in [-0.25, -0.2) is 13.2 Å². The normalized spacial score (nSPS) is 33.5. The molecule has 4 aliphatic rings. The number of hydrogen-bond acceptors (Lipinski definition) is 3. The summed E-state index contributed by atoms with van der Waals surface area (Å²) in [5.41, 5.74) is 0.505. The van der Waals surface area contributed by atoms with Gasteiger partial charge in [0.1, 0.15) is 5.60 Å². The first kappa shape index (κ1) is 27.8. The Morgan fingerprint density at radius 3 is 2.17 bits per heavy atom. The standard InChI is InChI=1S/C34H37F3O2S/c1-31-19-28(22-6-4-20(5-7-22)21-8-12-25(40)13-9-21)30-26-15-11-24(38)18-23(26)10-14-27(30)29(31)16-17-34(31,39)32(2,35)33(3,36)37/h4-9,12-13,18,27-29,39-40H,10-11,14-17,19H2,1-3H3. The monoisotopic (exact) mass is 566 g/mol. The van der Waals surface area contributed by atoms with Crippen molar-refractivity contribution in [2.45, 2.75) is 93.7 Å². The minimum Gasteiger partial charge on any atom is -0.386 e. The summed E-state index contributed by atoms with van der Waals surface area (Å²) in [7, 11) is 0. The second-order valence-electron chi connectivity index (χ2n) is 13.0. The summed E-state index contributed by atoms with van der Waals surface area (Å²) >= 11 is 4.38. The molecule has 2 nitrogen and oxygen atoms in total. The van der Waals surface area contributed by atoms with Crippen LogP contribution in [0.25, 0.3) is 11.1 Å². The van der Waals surface area contributed by atoms with Gasteiger partial charge in [0.25, 0.3) is 5.92 Å². The van der Waals surface area contributed by atoms with Gasteiger partial charge in [0, 0.05) is 29.6 Å². The van der Waals surface area contributed by atoms with Crippen LogP contribution in [0.4, 0.5) is 13.2 Å². The van der Waals surface area contributed by atoms with Crippen LogP contribution >= 0.6 is 12.6 Å². The van der Waals surface area contributed by atoms with Crippen LogP contribution in [0.3, 0.4) is 0 Å². The van der Waals surface area contributed by atoms with Gasteiger partial charge in [0.15, 0.2) is 11.5 Å². The summed E-state index contributed by atoms with van der Waals surface area (Å²) in [5.74, 6) is -3.74. The van der Waals surface area contributed by atoms with Crippen molar-refractivity contribution in [3.63, 3.8) is 0 Å². The maximum atomic E-state index is 16.2. The average Bonchev–Trinajstić information content (AvgIpc) is 3.19. The van der Waals surface area contributed by atoms with Gasteiger partial charge in [-0.05, 0) is 103 Å². The Morgan fingerprint density at radius 1 is 0.925 bits per heavy atom. The highest BCUT2D eigenvalue weighted by Gasteiger charge is 2.73. The van der Waals surface area contributed by atoms with Gasteiger partial charge < -0.3 is 5.11 Å². The van der Waals surface area contributed by atoms with Gasteiger partial charge in [-0.1, -0.05) is 48.9 Å². The van der Waals surface area contributed by atoms with E-state index in [-0.39, 0.29) is 30.0 Å². The second kappa shape index (κ2) is 9.35. The van der Waals surface area contributed by atoms with Crippen molar-refractivity contribution >= 4 is 18.4 Å². The first-order valence-electron chi connectivity index (χ1n) is 14.4. The minimum absolute atomic E-state index is 0.0116. The molecule has 40 heavy (non-hydrogen) atoms. The molecule has 0 saturated heterocycles. The first-order valence-corrected chi connectivity index (χ1v) is 14.9. The van der Waals surface area contributed by atoms with Gasteiger partial charge in [-0.2, -0.15) is 0 Å². The Kier molecular flexibility index (Phi) is 6.51. The molecule has 2 aromatic carbocycles. The lowest BCUT2D eigenvalue weighted by atomic mass is 9.49. The minimum atomic E-state index is -3.69. The van der Waals surface area contributed by atoms with E-state index >= 15 is 4.39 Å². The fraction of sp³-hybridized carbons (Fsp3) is 0.500. The Balaban J connectivity index is 1.48. The largest absolute Gasteiger partial charge is 0.386 e. The number of carbonyl (C=O) groups excluding carboxylic acids is 1. The zero-order valence-electron chi connectivity index (χ0n) is 23.3. The zero-order chi connectivity index (χ0) is 28.7. The summed E-state index contributed by atoms with van der Waals surface area (Å²) in [6.07, 6.45) is 5.39. The fourth-order valence-electron chi connectivity index (χ4n) is 8.66. The molecule has 0 spiro atoms. The summed E-state index contributed by atoms with van der Waals surface area (Å²) < 4.78 is 45.7. The molecule has 0 aliphatic heterocycles. The number of aliphatic hydroxyl groups is 1. The molecule has 6 unspecified atom stereocenters. The molecule has 212 valence electrons. The van der Waals surface area contributed by atoms with Crippen molar-refractivity contribution in [2.24, 2.45) is 17.3 Å². The smallest absolute Gasteiger partial charge is 0.281 e. The van der Waals surface area contributed by atoms with Crippen molar-refractivity contribution in [3.05, 3.63) is 76.9 Å². The Hall–Kier alpha value is -2.31. The predicted molar refractivity (Wildman–Crippen MR) is 154 cm³/mol. The highest BCUT2D eigenvalue weighted by atomic mass is 32.1. The molecule has 4 aliphatic carbocycles. The third kappa shape index (κ3) is 3.99. The Labute approximate surface area is 240 Å². The molecule has 1 N–H and O–H groups in total. The van der Waals surface area contributed by atoms with Crippen LogP contribution in [0, 0.1) is 17.3 Å². The van der Waals surface area contributed by atoms with E-state index in [1.54, 1.807) is 6.08 Å². The molecule has 2 aromatic rings. The number of rotatable bonds is 4. The van der Waals surface area contributed by atoms with E-state index in [1.807, 2.05) is 31.2 Å². The third-order valence-corrected chi connectivity index (χ3v) is 11.3. The molecule has 6 rings (SSSR count). The summed E-state index contributed by atoms with van der Waals surface area (Å²) in [5, 5.41) is 12.0. The lowest BCUT2D eigenvalue weighted by Crippen LogP contribution is -2.66. The SMILES string of the molecule is CC(F)(F)C(C)(F)C1(O)CCC2C3CCC4=CC(=O)CCC4=C3C(c3ccc(-c4ccc(S)cc4)cc3)CC21C. The molecule has 6 atom stereocenters. The van der Waals surface area contributed by atoms with Crippen LogP contribution < -0.4 is 0 Å². The van der Waals surface area contributed by atoms with E-state index in [0.29, 0.717) is 32.6 Å². The molecule has 0 heterocycles. The highest BCUT2D eigenvalue weighted by Crippen LogP contribution is 2.70. The van der Waals surface area contributed by atoms with E-state index in [1.165, 1.54) is 11.1 Å². The van der Waals surface area contributed by atoms with E-state index in [4.69, 9.17) is 0 Å². The number of halogens is 3. The molecule has 2 fully saturated rings. The molecule has 2 saturated carbocycles. The van der Waals surface area contributed by atoms with Crippen molar-refractivity contribution in [3.8, 4) is 11.1 Å². The second-order valence-corrected chi connectivity index (χ2v) is 13.5. The average molecular weight is 567 g/mol. The van der Waals surface area contributed by atoms with Gasteiger partial charge in [0.2, 0.25) is 0 Å². The molecule has 0 bridgehead atoms. The fourth-order valence-corrected chi connectivity index (χ4v) is 8.81. The van der Waals surface area contributed by atoms with Crippen LogP contribution in [0.15, 0.2) is 76.2 Å². The third-order valence-electron chi connectivity index (χ3n) is 11.0. The van der Waals surface area contributed by atoms with Crippen LogP contribution in [-0.2, 0) is 4.79 Å².